The van der Waals surface area contributed by atoms with Crippen LogP contribution in [0.2, 0.25) is 0 Å². The summed E-state index contributed by atoms with van der Waals surface area (Å²) in [5, 5.41) is 6.16. The van der Waals surface area contributed by atoms with Crippen LogP contribution in [0.4, 0.5) is 17.2 Å². The third-order valence-electron chi connectivity index (χ3n) is 4.97. The minimum absolute atomic E-state index is 0.160. The summed E-state index contributed by atoms with van der Waals surface area (Å²) in [4.78, 5) is 25.3. The summed E-state index contributed by atoms with van der Waals surface area (Å²) in [6, 6.07) is 10.0. The highest BCUT2D eigenvalue weighted by Crippen LogP contribution is 2.21. The van der Waals surface area contributed by atoms with Gasteiger partial charge >= 0.3 is 0 Å². The van der Waals surface area contributed by atoms with Crippen molar-refractivity contribution in [3.63, 3.8) is 0 Å². The molecule has 1 aliphatic heterocycles. The molecule has 0 atom stereocenters. The van der Waals surface area contributed by atoms with Crippen LogP contribution >= 0.6 is 0 Å². The minimum atomic E-state index is -0.160. The van der Waals surface area contributed by atoms with Crippen molar-refractivity contribution in [1.29, 1.82) is 0 Å². The first-order chi connectivity index (χ1) is 13.7. The van der Waals surface area contributed by atoms with Crippen LogP contribution in [0, 0.1) is 0 Å². The lowest BCUT2D eigenvalue weighted by Gasteiger charge is -2.34. The molecule has 0 radical (unpaired) electrons. The molecule has 7 heteroatoms. The Morgan fingerprint density at radius 3 is 2.54 bits per heavy atom. The number of rotatable bonds is 8. The Kier molecular flexibility index (Phi) is 7.19. The van der Waals surface area contributed by atoms with Crippen molar-refractivity contribution >= 4 is 23.1 Å². The van der Waals surface area contributed by atoms with Gasteiger partial charge in [-0.25, -0.2) is 9.97 Å². The summed E-state index contributed by atoms with van der Waals surface area (Å²) < 4.78 is 0. The number of piperazine rings is 1. The van der Waals surface area contributed by atoms with E-state index in [2.05, 4.69) is 56.5 Å². The summed E-state index contributed by atoms with van der Waals surface area (Å²) in [5.74, 6) is 0.452. The average molecular weight is 383 g/mol. The van der Waals surface area contributed by atoms with Crippen LogP contribution < -0.4 is 15.5 Å². The lowest BCUT2D eigenvalue weighted by atomic mass is 10.2. The highest BCUT2D eigenvalue weighted by Gasteiger charge is 2.14. The van der Waals surface area contributed by atoms with E-state index in [1.165, 1.54) is 12.0 Å². The lowest BCUT2D eigenvalue weighted by molar-refractivity contribution is 0.0948. The van der Waals surface area contributed by atoms with Crippen LogP contribution in [0.1, 0.15) is 36.7 Å². The van der Waals surface area contributed by atoms with Gasteiger partial charge < -0.3 is 20.4 Å². The monoisotopic (exact) mass is 382 g/mol. The number of aromatic nitrogens is 2. The molecular weight excluding hydrogens is 352 g/mol. The minimum Gasteiger partial charge on any atom is -0.369 e. The number of carbonyl (C=O) groups excluding carboxylic acids is 1. The molecule has 1 aliphatic rings. The Morgan fingerprint density at radius 2 is 1.82 bits per heavy atom. The summed E-state index contributed by atoms with van der Waals surface area (Å²) in [7, 11) is 2.16. The standard InChI is InChI=1S/C21H30N6O/c1-3-4-5-10-22-21(28)19-15-20(24-16-23-19)25-17-6-8-18(9-7-17)27-13-11-26(2)12-14-27/h6-9,15-16H,3-5,10-14H2,1-2H3,(H,22,28)(H,23,24,25). The smallest absolute Gasteiger partial charge is 0.270 e. The number of unbranched alkanes of at least 4 members (excludes halogenated alkanes) is 2. The molecule has 0 aliphatic carbocycles. The summed E-state index contributed by atoms with van der Waals surface area (Å²) >= 11 is 0. The molecular formula is C21H30N6O. The maximum absolute atomic E-state index is 12.2. The maximum atomic E-state index is 12.2. The summed E-state index contributed by atoms with van der Waals surface area (Å²) in [6.45, 7) is 7.08. The Labute approximate surface area is 167 Å². The number of benzene rings is 1. The topological polar surface area (TPSA) is 73.4 Å². The zero-order valence-electron chi connectivity index (χ0n) is 16.8. The molecule has 150 valence electrons. The van der Waals surface area contributed by atoms with E-state index in [0.29, 0.717) is 18.1 Å². The van der Waals surface area contributed by atoms with E-state index in [9.17, 15) is 4.79 Å². The predicted molar refractivity (Wildman–Crippen MR) is 113 cm³/mol. The Hall–Kier alpha value is -2.67. The van der Waals surface area contributed by atoms with Crippen LogP contribution in [-0.2, 0) is 0 Å². The van der Waals surface area contributed by atoms with E-state index in [0.717, 1.165) is 51.1 Å². The number of anilines is 3. The van der Waals surface area contributed by atoms with Gasteiger partial charge in [0, 0.05) is 50.2 Å². The number of carbonyl (C=O) groups is 1. The largest absolute Gasteiger partial charge is 0.369 e. The van der Waals surface area contributed by atoms with Gasteiger partial charge in [0.05, 0.1) is 0 Å². The SMILES string of the molecule is CCCCCNC(=O)c1cc(Nc2ccc(N3CCN(C)CC3)cc2)ncn1. The first kappa shape index (κ1) is 20.1. The second-order valence-electron chi connectivity index (χ2n) is 7.21. The number of nitrogens with one attached hydrogen (secondary N) is 2. The molecule has 2 aromatic rings. The van der Waals surface area contributed by atoms with Crippen LogP contribution in [0.15, 0.2) is 36.7 Å². The van der Waals surface area contributed by atoms with E-state index in [1.54, 1.807) is 6.07 Å². The summed E-state index contributed by atoms with van der Waals surface area (Å²) in [6.07, 6.45) is 4.64. The van der Waals surface area contributed by atoms with Crippen LogP contribution in [0.5, 0.6) is 0 Å². The van der Waals surface area contributed by atoms with Crippen molar-refractivity contribution < 1.29 is 4.79 Å². The number of likely N-dealkylation sites (N-methyl/N-ethyl adjacent to an activating group) is 1. The van der Waals surface area contributed by atoms with Gasteiger partial charge in [0.15, 0.2) is 0 Å². The number of nitrogens with zero attached hydrogens (tertiary/aromatic N) is 4. The second kappa shape index (κ2) is 10.0. The van der Waals surface area contributed by atoms with Crippen LogP contribution in [0.3, 0.4) is 0 Å². The zero-order valence-corrected chi connectivity index (χ0v) is 16.8. The molecule has 1 saturated heterocycles. The molecule has 2 N–H and O–H groups in total. The first-order valence-corrected chi connectivity index (χ1v) is 10.1. The third kappa shape index (κ3) is 5.66. The molecule has 2 heterocycles. The Morgan fingerprint density at radius 1 is 1.07 bits per heavy atom. The van der Waals surface area contributed by atoms with Crippen LogP contribution in [0.25, 0.3) is 0 Å². The molecule has 1 fully saturated rings. The van der Waals surface area contributed by atoms with Gasteiger partial charge in [0.25, 0.3) is 5.91 Å². The van der Waals surface area contributed by atoms with Crippen molar-refractivity contribution in [1.82, 2.24) is 20.2 Å². The van der Waals surface area contributed by atoms with E-state index in [1.807, 2.05) is 12.1 Å². The van der Waals surface area contributed by atoms with Gasteiger partial charge in [0.1, 0.15) is 17.8 Å². The molecule has 0 saturated carbocycles. The average Bonchev–Trinajstić information content (AvgIpc) is 2.72. The van der Waals surface area contributed by atoms with E-state index in [-0.39, 0.29) is 5.91 Å². The number of hydrogen-bond donors (Lipinski definition) is 2. The van der Waals surface area contributed by atoms with Crippen molar-refractivity contribution in [3.8, 4) is 0 Å². The van der Waals surface area contributed by atoms with Gasteiger partial charge in [-0.15, -0.1) is 0 Å². The van der Waals surface area contributed by atoms with E-state index < -0.39 is 0 Å². The fourth-order valence-corrected chi connectivity index (χ4v) is 3.19. The van der Waals surface area contributed by atoms with Gasteiger partial charge in [0.2, 0.25) is 0 Å². The second-order valence-corrected chi connectivity index (χ2v) is 7.21. The molecule has 0 bridgehead atoms. The molecule has 7 nitrogen and oxygen atoms in total. The molecule has 0 spiro atoms. The first-order valence-electron chi connectivity index (χ1n) is 10.1. The van der Waals surface area contributed by atoms with Crippen LogP contribution in [-0.4, -0.2) is 60.5 Å². The zero-order chi connectivity index (χ0) is 19.8. The number of hydrogen-bond acceptors (Lipinski definition) is 6. The van der Waals surface area contributed by atoms with Crippen molar-refractivity contribution in [3.05, 3.63) is 42.4 Å². The van der Waals surface area contributed by atoms with E-state index >= 15 is 0 Å². The van der Waals surface area contributed by atoms with Crippen molar-refractivity contribution in [2.75, 3.05) is 50.0 Å². The predicted octanol–water partition coefficient (Wildman–Crippen LogP) is 2.89. The molecule has 3 rings (SSSR count). The molecule has 0 unspecified atom stereocenters. The molecule has 28 heavy (non-hydrogen) atoms. The fourth-order valence-electron chi connectivity index (χ4n) is 3.19. The van der Waals surface area contributed by atoms with Gasteiger partial charge in [-0.3, -0.25) is 4.79 Å². The maximum Gasteiger partial charge on any atom is 0.270 e. The highest BCUT2D eigenvalue weighted by molar-refractivity contribution is 5.92. The van der Waals surface area contributed by atoms with Gasteiger partial charge in [-0.2, -0.15) is 0 Å². The molecule has 1 aromatic heterocycles. The van der Waals surface area contributed by atoms with Crippen molar-refractivity contribution in [2.24, 2.45) is 0 Å². The van der Waals surface area contributed by atoms with Crippen molar-refractivity contribution in [2.45, 2.75) is 26.2 Å². The quantitative estimate of drug-likeness (QED) is 0.684. The van der Waals surface area contributed by atoms with Gasteiger partial charge in [-0.1, -0.05) is 19.8 Å². The molecule has 1 aromatic carbocycles. The fraction of sp³-hybridized carbons (Fsp3) is 0.476. The molecule has 1 amide bonds. The third-order valence-corrected chi connectivity index (χ3v) is 4.97. The van der Waals surface area contributed by atoms with E-state index in [4.69, 9.17) is 0 Å². The Bertz CT molecular complexity index is 756. The lowest BCUT2D eigenvalue weighted by Crippen LogP contribution is -2.44. The van der Waals surface area contributed by atoms with Gasteiger partial charge in [-0.05, 0) is 37.7 Å². The number of amides is 1. The normalized spacial score (nSPS) is 14.7. The highest BCUT2D eigenvalue weighted by atomic mass is 16.1. The summed E-state index contributed by atoms with van der Waals surface area (Å²) in [5.41, 5.74) is 2.54. The Balaban J connectivity index is 1.57.